The molecule has 10 nitrogen and oxygen atoms in total. The molecule has 0 radical (unpaired) electrons. The van der Waals surface area contributed by atoms with Crippen molar-refractivity contribution in [3.8, 4) is 40.6 Å². The van der Waals surface area contributed by atoms with E-state index in [1.165, 1.54) is 21.3 Å². The topological polar surface area (TPSA) is 127 Å². The van der Waals surface area contributed by atoms with Crippen LogP contribution < -0.4 is 39.7 Å². The van der Waals surface area contributed by atoms with Gasteiger partial charge in [-0.3, -0.25) is 4.79 Å². The summed E-state index contributed by atoms with van der Waals surface area (Å²) in [5.74, 6) is 1.83. The normalized spacial score (nSPS) is 14.1. The van der Waals surface area contributed by atoms with Crippen LogP contribution in [-0.4, -0.2) is 40.1 Å². The second-order valence-corrected chi connectivity index (χ2v) is 8.84. The molecule has 0 fully saturated rings. The van der Waals surface area contributed by atoms with Crippen LogP contribution in [-0.2, 0) is 13.0 Å². The van der Waals surface area contributed by atoms with Crippen molar-refractivity contribution < 1.29 is 28.4 Å². The molecule has 0 saturated carbocycles. The largest absolute Gasteiger partial charge is 0.493 e. The fourth-order valence-electron chi connectivity index (χ4n) is 4.84. The van der Waals surface area contributed by atoms with Crippen LogP contribution in [0, 0.1) is 18.3 Å². The van der Waals surface area contributed by atoms with E-state index in [9.17, 15) is 10.1 Å². The molecule has 2 N–H and O–H groups in total. The van der Waals surface area contributed by atoms with Crippen molar-refractivity contribution >= 4 is 0 Å². The Kier molecular flexibility index (Phi) is 7.91. The summed E-state index contributed by atoms with van der Waals surface area (Å²) in [4.78, 5) is 14.0. The molecular formula is C29H31N3O7. The van der Waals surface area contributed by atoms with E-state index in [2.05, 4.69) is 6.07 Å². The Hall–Kier alpha value is -4.78. The predicted octanol–water partition coefficient (Wildman–Crippen LogP) is 3.66. The van der Waals surface area contributed by atoms with E-state index >= 15 is 0 Å². The van der Waals surface area contributed by atoms with E-state index in [0.29, 0.717) is 64.3 Å². The summed E-state index contributed by atoms with van der Waals surface area (Å²) in [6.45, 7) is 2.21. The van der Waals surface area contributed by atoms with Crippen LogP contribution in [0.1, 0.15) is 28.3 Å². The van der Waals surface area contributed by atoms with Crippen LogP contribution >= 0.6 is 0 Å². The molecule has 1 aromatic heterocycles. The summed E-state index contributed by atoms with van der Waals surface area (Å²) >= 11 is 0. The number of methoxy groups -OCH3 is 5. The standard InChI is InChI=1S/C29H31N3O7/c1-16-11-22-26(29(33)32(16)10-9-17-7-8-20(34-2)21(12-17)35-3)25(19(15-30)28(31)39-22)18-13-23(36-4)27(38-6)24(14-18)37-5/h7-8,11-14,25H,9-10,31H2,1-6H3/t25-/m0/s1. The van der Waals surface area contributed by atoms with Gasteiger partial charge in [-0.25, -0.2) is 0 Å². The zero-order valence-electron chi connectivity index (χ0n) is 22.8. The Morgan fingerprint density at radius 1 is 0.923 bits per heavy atom. The number of hydrogen-bond acceptors (Lipinski definition) is 9. The highest BCUT2D eigenvalue weighted by Crippen LogP contribution is 2.46. The number of pyridine rings is 1. The summed E-state index contributed by atoms with van der Waals surface area (Å²) < 4.78 is 34.7. The van der Waals surface area contributed by atoms with E-state index in [1.807, 2.05) is 25.1 Å². The quantitative estimate of drug-likeness (QED) is 0.438. The summed E-state index contributed by atoms with van der Waals surface area (Å²) in [5, 5.41) is 10.0. The lowest BCUT2D eigenvalue weighted by atomic mass is 9.83. The lowest BCUT2D eigenvalue weighted by Gasteiger charge is -2.28. The number of hydrogen-bond donors (Lipinski definition) is 1. The van der Waals surface area contributed by atoms with Gasteiger partial charge >= 0.3 is 0 Å². The molecular weight excluding hydrogens is 502 g/mol. The van der Waals surface area contributed by atoms with Crippen molar-refractivity contribution in [1.82, 2.24) is 4.57 Å². The van der Waals surface area contributed by atoms with Gasteiger partial charge in [0.05, 0.1) is 47.0 Å². The van der Waals surface area contributed by atoms with E-state index in [1.54, 1.807) is 37.0 Å². The lowest BCUT2D eigenvalue weighted by molar-refractivity contribution is 0.323. The number of nitrogens with zero attached hydrogens (tertiary/aromatic N) is 2. The number of fused-ring (bicyclic) bond motifs is 1. The Balaban J connectivity index is 1.84. The molecule has 1 aliphatic heterocycles. The first-order chi connectivity index (χ1) is 18.8. The van der Waals surface area contributed by atoms with Gasteiger partial charge in [-0.15, -0.1) is 0 Å². The molecule has 1 aliphatic rings. The van der Waals surface area contributed by atoms with Crippen LogP contribution in [0.4, 0.5) is 0 Å². The second-order valence-electron chi connectivity index (χ2n) is 8.84. The molecule has 39 heavy (non-hydrogen) atoms. The van der Waals surface area contributed by atoms with Gasteiger partial charge in [0.25, 0.3) is 5.56 Å². The summed E-state index contributed by atoms with van der Waals surface area (Å²) in [5.41, 5.74) is 8.53. The summed E-state index contributed by atoms with van der Waals surface area (Å²) in [6.07, 6.45) is 0.554. The van der Waals surface area contributed by atoms with Crippen molar-refractivity contribution in [2.45, 2.75) is 25.8 Å². The zero-order valence-corrected chi connectivity index (χ0v) is 22.8. The van der Waals surface area contributed by atoms with Crippen molar-refractivity contribution in [1.29, 1.82) is 5.26 Å². The predicted molar refractivity (Wildman–Crippen MR) is 144 cm³/mol. The number of nitriles is 1. The maximum atomic E-state index is 14.0. The third kappa shape index (κ3) is 4.91. The molecule has 0 amide bonds. The Morgan fingerprint density at radius 3 is 2.13 bits per heavy atom. The molecule has 0 aliphatic carbocycles. The highest BCUT2D eigenvalue weighted by Gasteiger charge is 2.35. The average Bonchev–Trinajstić information content (AvgIpc) is 2.95. The van der Waals surface area contributed by atoms with E-state index in [0.717, 1.165) is 5.56 Å². The van der Waals surface area contributed by atoms with Crippen molar-refractivity contribution in [3.05, 3.63) is 80.6 Å². The molecule has 2 heterocycles. The van der Waals surface area contributed by atoms with Crippen LogP contribution in [0.15, 0.2) is 52.6 Å². The van der Waals surface area contributed by atoms with Gasteiger partial charge in [-0.2, -0.15) is 5.26 Å². The van der Waals surface area contributed by atoms with Gasteiger partial charge in [0.15, 0.2) is 23.0 Å². The van der Waals surface area contributed by atoms with E-state index < -0.39 is 5.92 Å². The van der Waals surface area contributed by atoms with Crippen molar-refractivity contribution in [2.24, 2.45) is 5.73 Å². The first-order valence-corrected chi connectivity index (χ1v) is 12.1. The van der Waals surface area contributed by atoms with Crippen LogP contribution in [0.5, 0.6) is 34.5 Å². The van der Waals surface area contributed by atoms with Gasteiger partial charge in [-0.05, 0) is 48.7 Å². The van der Waals surface area contributed by atoms with Gasteiger partial charge < -0.3 is 38.7 Å². The fraction of sp³-hybridized carbons (Fsp3) is 0.310. The van der Waals surface area contributed by atoms with E-state index in [-0.39, 0.29) is 17.0 Å². The average molecular weight is 534 g/mol. The number of rotatable bonds is 9. The third-order valence-corrected chi connectivity index (χ3v) is 6.78. The molecule has 2 aromatic carbocycles. The molecule has 0 spiro atoms. The SMILES string of the molecule is COc1ccc(CCn2c(C)cc3c(c2=O)[C@@H](c2cc(OC)c(OC)c(OC)c2)C(C#N)=C(N)O3)cc1OC. The number of nitrogens with two attached hydrogens (primary N) is 1. The first-order valence-electron chi connectivity index (χ1n) is 12.1. The minimum atomic E-state index is -0.812. The maximum Gasteiger partial charge on any atom is 0.258 e. The van der Waals surface area contributed by atoms with E-state index in [4.69, 9.17) is 34.2 Å². The Labute approximate surface area is 226 Å². The van der Waals surface area contributed by atoms with Gasteiger partial charge in [0.2, 0.25) is 11.6 Å². The van der Waals surface area contributed by atoms with Crippen LogP contribution in [0.2, 0.25) is 0 Å². The third-order valence-electron chi connectivity index (χ3n) is 6.78. The van der Waals surface area contributed by atoms with Crippen molar-refractivity contribution in [2.75, 3.05) is 35.5 Å². The minimum Gasteiger partial charge on any atom is -0.493 e. The summed E-state index contributed by atoms with van der Waals surface area (Å²) in [7, 11) is 7.66. The van der Waals surface area contributed by atoms with Gasteiger partial charge in [-0.1, -0.05) is 6.07 Å². The molecule has 0 bridgehead atoms. The first kappa shape index (κ1) is 27.3. The fourth-order valence-corrected chi connectivity index (χ4v) is 4.84. The van der Waals surface area contributed by atoms with Crippen LogP contribution in [0.25, 0.3) is 0 Å². The minimum absolute atomic E-state index is 0.0642. The van der Waals surface area contributed by atoms with Crippen LogP contribution in [0.3, 0.4) is 0 Å². The number of aromatic nitrogens is 1. The Bertz CT molecular complexity index is 1510. The van der Waals surface area contributed by atoms with Crippen molar-refractivity contribution in [3.63, 3.8) is 0 Å². The summed E-state index contributed by atoms with van der Waals surface area (Å²) in [6, 6.07) is 13.0. The smallest absolute Gasteiger partial charge is 0.258 e. The molecule has 204 valence electrons. The molecule has 4 rings (SSSR count). The molecule has 3 aromatic rings. The number of ether oxygens (including phenoxy) is 6. The highest BCUT2D eigenvalue weighted by molar-refractivity contribution is 5.61. The lowest BCUT2D eigenvalue weighted by Crippen LogP contribution is -2.33. The molecule has 0 saturated heterocycles. The molecule has 10 heteroatoms. The highest BCUT2D eigenvalue weighted by atomic mass is 16.5. The molecule has 0 unspecified atom stereocenters. The number of benzene rings is 2. The number of aryl methyl sites for hydroxylation is 2. The molecule has 1 atom stereocenters. The number of allylic oxidation sites excluding steroid dienone is 1. The van der Waals surface area contributed by atoms with Gasteiger partial charge in [0, 0.05) is 18.3 Å². The monoisotopic (exact) mass is 533 g/mol. The second kappa shape index (κ2) is 11.3. The maximum absolute atomic E-state index is 14.0. The van der Waals surface area contributed by atoms with Gasteiger partial charge in [0.1, 0.15) is 17.4 Å². The Morgan fingerprint density at radius 2 is 1.56 bits per heavy atom. The zero-order chi connectivity index (χ0) is 28.3.